The summed E-state index contributed by atoms with van der Waals surface area (Å²) >= 11 is 0. The van der Waals surface area contributed by atoms with E-state index in [2.05, 4.69) is 5.32 Å². The first-order valence-corrected chi connectivity index (χ1v) is 6.40. The van der Waals surface area contributed by atoms with E-state index in [9.17, 15) is 18.4 Å². The predicted octanol–water partition coefficient (Wildman–Crippen LogP) is 2.20. The number of benzene rings is 1. The number of hydrogen-bond acceptors (Lipinski definition) is 3. The molecule has 0 heterocycles. The number of ketones is 1. The van der Waals surface area contributed by atoms with Gasteiger partial charge in [-0.1, -0.05) is 0 Å². The Bertz CT molecular complexity index is 496. The van der Waals surface area contributed by atoms with E-state index in [1.807, 2.05) is 6.92 Å². The lowest BCUT2D eigenvalue weighted by Gasteiger charge is -2.07. The van der Waals surface area contributed by atoms with Crippen LogP contribution in [0.5, 0.6) is 0 Å². The minimum atomic E-state index is -1.07. The van der Waals surface area contributed by atoms with Crippen molar-refractivity contribution in [2.24, 2.45) is 5.73 Å². The average molecular weight is 321 g/mol. The van der Waals surface area contributed by atoms with Gasteiger partial charge in [0.25, 0.3) is 0 Å². The number of nitrogens with two attached hydrogens (primary N) is 1. The molecule has 0 saturated carbocycles. The standard InChI is InChI=1S/C14H18F2N2O2.ClH/c1-9(17)6-7-18-14(20)5-4-13(19)10-2-3-11(15)12(16)8-10;/h2-3,8-9H,4-7,17H2,1H3,(H,18,20);1H. The average Bonchev–Trinajstić information content (AvgIpc) is 2.38. The molecule has 118 valence electrons. The third-order valence-corrected chi connectivity index (χ3v) is 2.74. The van der Waals surface area contributed by atoms with Gasteiger partial charge >= 0.3 is 0 Å². The Labute approximate surface area is 128 Å². The van der Waals surface area contributed by atoms with Crippen LogP contribution in [0.1, 0.15) is 36.5 Å². The van der Waals surface area contributed by atoms with Crippen LogP contribution in [0.3, 0.4) is 0 Å². The van der Waals surface area contributed by atoms with E-state index < -0.39 is 17.4 Å². The summed E-state index contributed by atoms with van der Waals surface area (Å²) in [5, 5.41) is 2.64. The Hall–Kier alpha value is -1.53. The summed E-state index contributed by atoms with van der Waals surface area (Å²) in [6.45, 7) is 2.29. The largest absolute Gasteiger partial charge is 0.356 e. The van der Waals surface area contributed by atoms with Crippen LogP contribution < -0.4 is 11.1 Å². The van der Waals surface area contributed by atoms with Crippen molar-refractivity contribution in [2.45, 2.75) is 32.2 Å². The molecule has 0 fully saturated rings. The van der Waals surface area contributed by atoms with Crippen LogP contribution in [0.2, 0.25) is 0 Å². The number of hydrogen-bond donors (Lipinski definition) is 2. The number of carbonyl (C=O) groups is 2. The number of carbonyl (C=O) groups excluding carboxylic acids is 2. The van der Waals surface area contributed by atoms with Crippen molar-refractivity contribution >= 4 is 24.1 Å². The molecule has 21 heavy (non-hydrogen) atoms. The molecule has 1 aromatic rings. The molecule has 0 aliphatic rings. The zero-order valence-electron chi connectivity index (χ0n) is 11.7. The highest BCUT2D eigenvalue weighted by molar-refractivity contribution is 5.97. The van der Waals surface area contributed by atoms with E-state index in [1.54, 1.807) is 0 Å². The maximum Gasteiger partial charge on any atom is 0.220 e. The number of amides is 1. The molecular formula is C14H19ClF2N2O2. The second kappa shape index (κ2) is 9.41. The lowest BCUT2D eigenvalue weighted by atomic mass is 10.1. The molecule has 1 atom stereocenters. The topological polar surface area (TPSA) is 72.2 Å². The first-order valence-electron chi connectivity index (χ1n) is 6.40. The fourth-order valence-electron chi connectivity index (χ4n) is 1.57. The predicted molar refractivity (Wildman–Crippen MR) is 78.4 cm³/mol. The first-order chi connectivity index (χ1) is 9.40. The molecule has 1 aromatic carbocycles. The fourth-order valence-corrected chi connectivity index (χ4v) is 1.57. The minimum Gasteiger partial charge on any atom is -0.356 e. The third kappa shape index (κ3) is 7.15. The molecule has 0 radical (unpaired) electrons. The quantitative estimate of drug-likeness (QED) is 0.757. The maximum absolute atomic E-state index is 13.0. The molecule has 1 rings (SSSR count). The Morgan fingerprint density at radius 1 is 1.24 bits per heavy atom. The minimum absolute atomic E-state index is 0. The number of nitrogens with one attached hydrogen (secondary N) is 1. The van der Waals surface area contributed by atoms with Crippen molar-refractivity contribution in [3.8, 4) is 0 Å². The van der Waals surface area contributed by atoms with Gasteiger partial charge in [-0.15, -0.1) is 12.4 Å². The molecule has 0 bridgehead atoms. The van der Waals surface area contributed by atoms with Gasteiger partial charge in [-0.25, -0.2) is 8.78 Å². The van der Waals surface area contributed by atoms with Gasteiger partial charge in [-0.3, -0.25) is 9.59 Å². The molecule has 0 aliphatic carbocycles. The highest BCUT2D eigenvalue weighted by atomic mass is 35.5. The van der Waals surface area contributed by atoms with Gasteiger partial charge in [0.15, 0.2) is 17.4 Å². The van der Waals surface area contributed by atoms with Crippen LogP contribution in [0.15, 0.2) is 18.2 Å². The molecule has 4 nitrogen and oxygen atoms in total. The molecule has 1 amide bonds. The van der Waals surface area contributed by atoms with Gasteiger partial charge in [0.1, 0.15) is 0 Å². The van der Waals surface area contributed by atoms with Gasteiger partial charge in [0, 0.05) is 31.0 Å². The van der Waals surface area contributed by atoms with Crippen LogP contribution in [0, 0.1) is 11.6 Å². The van der Waals surface area contributed by atoms with Crippen molar-refractivity contribution in [3.63, 3.8) is 0 Å². The van der Waals surface area contributed by atoms with Crippen molar-refractivity contribution in [3.05, 3.63) is 35.4 Å². The second-order valence-corrected chi connectivity index (χ2v) is 4.67. The number of Topliss-reactive ketones (excluding diaryl/α,β-unsaturated/α-hetero) is 1. The SMILES string of the molecule is CC(N)CCNC(=O)CCC(=O)c1ccc(F)c(F)c1.Cl. The first kappa shape index (κ1) is 19.5. The number of halogens is 3. The summed E-state index contributed by atoms with van der Waals surface area (Å²) in [6.07, 6.45) is 0.620. The van der Waals surface area contributed by atoms with Crippen LogP contribution in [0.4, 0.5) is 8.78 Å². The van der Waals surface area contributed by atoms with Crippen LogP contribution in [0.25, 0.3) is 0 Å². The molecule has 7 heteroatoms. The summed E-state index contributed by atoms with van der Waals surface area (Å²) < 4.78 is 25.7. The monoisotopic (exact) mass is 320 g/mol. The van der Waals surface area contributed by atoms with E-state index in [-0.39, 0.29) is 42.8 Å². The Balaban J connectivity index is 0.00000400. The van der Waals surface area contributed by atoms with Gasteiger partial charge in [0.05, 0.1) is 0 Å². The Morgan fingerprint density at radius 3 is 2.48 bits per heavy atom. The van der Waals surface area contributed by atoms with Crippen LogP contribution >= 0.6 is 12.4 Å². The summed E-state index contributed by atoms with van der Waals surface area (Å²) in [5.74, 6) is -2.74. The summed E-state index contributed by atoms with van der Waals surface area (Å²) in [6, 6.07) is 2.94. The molecule has 1 unspecified atom stereocenters. The summed E-state index contributed by atoms with van der Waals surface area (Å²) in [5.41, 5.74) is 5.59. The van der Waals surface area contributed by atoms with E-state index in [4.69, 9.17) is 5.73 Å². The molecule has 0 aliphatic heterocycles. The van der Waals surface area contributed by atoms with E-state index >= 15 is 0 Å². The van der Waals surface area contributed by atoms with Gasteiger partial charge in [0.2, 0.25) is 5.91 Å². The third-order valence-electron chi connectivity index (χ3n) is 2.74. The Kier molecular flexibility index (Phi) is 8.73. The molecule has 0 spiro atoms. The van der Waals surface area contributed by atoms with Crippen LogP contribution in [-0.4, -0.2) is 24.3 Å². The highest BCUT2D eigenvalue weighted by Crippen LogP contribution is 2.11. The van der Waals surface area contributed by atoms with Crippen molar-refractivity contribution in [1.82, 2.24) is 5.32 Å². The zero-order chi connectivity index (χ0) is 15.1. The molecular weight excluding hydrogens is 302 g/mol. The zero-order valence-corrected chi connectivity index (χ0v) is 12.5. The number of rotatable bonds is 7. The smallest absolute Gasteiger partial charge is 0.220 e. The lowest BCUT2D eigenvalue weighted by molar-refractivity contribution is -0.121. The second-order valence-electron chi connectivity index (χ2n) is 4.67. The highest BCUT2D eigenvalue weighted by Gasteiger charge is 2.11. The maximum atomic E-state index is 13.0. The summed E-state index contributed by atoms with van der Waals surface area (Å²) in [7, 11) is 0. The molecule has 0 aromatic heterocycles. The van der Waals surface area contributed by atoms with Gasteiger partial charge in [-0.2, -0.15) is 0 Å². The van der Waals surface area contributed by atoms with Crippen molar-refractivity contribution in [2.75, 3.05) is 6.54 Å². The van der Waals surface area contributed by atoms with Crippen LogP contribution in [-0.2, 0) is 4.79 Å². The molecule has 0 saturated heterocycles. The normalized spacial score (nSPS) is 11.4. The van der Waals surface area contributed by atoms with E-state index in [1.165, 1.54) is 6.07 Å². The van der Waals surface area contributed by atoms with Gasteiger partial charge < -0.3 is 11.1 Å². The fraction of sp³-hybridized carbons (Fsp3) is 0.429. The van der Waals surface area contributed by atoms with E-state index in [0.29, 0.717) is 13.0 Å². The van der Waals surface area contributed by atoms with Gasteiger partial charge in [-0.05, 0) is 31.5 Å². The van der Waals surface area contributed by atoms with Crippen molar-refractivity contribution in [1.29, 1.82) is 0 Å². The molecule has 3 N–H and O–H groups in total. The van der Waals surface area contributed by atoms with Crippen molar-refractivity contribution < 1.29 is 18.4 Å². The lowest BCUT2D eigenvalue weighted by Crippen LogP contribution is -2.29. The summed E-state index contributed by atoms with van der Waals surface area (Å²) in [4.78, 5) is 23.1. The van der Waals surface area contributed by atoms with E-state index in [0.717, 1.165) is 12.1 Å². The Morgan fingerprint density at radius 2 is 1.90 bits per heavy atom.